The summed E-state index contributed by atoms with van der Waals surface area (Å²) in [4.78, 5) is 0. The first-order valence-electron chi connectivity index (χ1n) is 7.72. The molecule has 1 atom stereocenters. The van der Waals surface area contributed by atoms with Gasteiger partial charge in [0.05, 0.1) is 14.3 Å². The van der Waals surface area contributed by atoms with E-state index in [2.05, 4.69) is 55.4 Å². The summed E-state index contributed by atoms with van der Waals surface area (Å²) in [7, 11) is 2.64. The van der Waals surface area contributed by atoms with E-state index >= 15 is 0 Å². The van der Waals surface area contributed by atoms with Crippen LogP contribution in [0.3, 0.4) is 0 Å². The van der Waals surface area contributed by atoms with E-state index in [1.807, 2.05) is 0 Å². The minimum atomic E-state index is -0.0787. The van der Waals surface area contributed by atoms with Crippen LogP contribution in [0.25, 0.3) is 0 Å². The molecule has 0 saturated carbocycles. The molecular formula is C15H35B2N. The van der Waals surface area contributed by atoms with E-state index in [0.29, 0.717) is 11.2 Å². The molecule has 106 valence electrons. The summed E-state index contributed by atoms with van der Waals surface area (Å²) in [6, 6.07) is 0. The van der Waals surface area contributed by atoms with Gasteiger partial charge in [0, 0.05) is 5.54 Å². The topological polar surface area (TPSA) is 26.0 Å². The van der Waals surface area contributed by atoms with Crippen LogP contribution in [0, 0.1) is 11.3 Å². The van der Waals surface area contributed by atoms with E-state index < -0.39 is 0 Å². The maximum absolute atomic E-state index is 6.63. The van der Waals surface area contributed by atoms with Gasteiger partial charge >= 0.3 is 0 Å². The van der Waals surface area contributed by atoms with Crippen LogP contribution in [0.2, 0.25) is 11.6 Å². The normalized spacial score (nSPS) is 16.6. The molecule has 0 aliphatic rings. The highest BCUT2D eigenvalue weighted by molar-refractivity contribution is 7.01. The summed E-state index contributed by atoms with van der Waals surface area (Å²) >= 11 is 0. The second kappa shape index (κ2) is 6.50. The summed E-state index contributed by atoms with van der Waals surface area (Å²) in [6.45, 7) is 18.5. The molecule has 0 aromatic carbocycles. The highest BCUT2D eigenvalue weighted by atomic mass is 14.8. The SMILES string of the molecule is CCBBC(C)(C)CC(C)(C)C(C)(N)CC(C)C. The van der Waals surface area contributed by atoms with Gasteiger partial charge in [0.15, 0.2) is 0 Å². The Balaban J connectivity index is 4.71. The first-order valence-corrected chi connectivity index (χ1v) is 7.72. The van der Waals surface area contributed by atoms with Gasteiger partial charge in [-0.1, -0.05) is 60.1 Å². The predicted molar refractivity (Wildman–Crippen MR) is 89.3 cm³/mol. The summed E-state index contributed by atoms with van der Waals surface area (Å²) in [5, 5.41) is 0.400. The monoisotopic (exact) mass is 251 g/mol. The highest BCUT2D eigenvalue weighted by Crippen LogP contribution is 2.45. The van der Waals surface area contributed by atoms with Crippen molar-refractivity contribution in [3.8, 4) is 0 Å². The Morgan fingerprint density at radius 3 is 1.94 bits per heavy atom. The second-order valence-electron chi connectivity index (χ2n) is 8.34. The van der Waals surface area contributed by atoms with E-state index in [1.54, 1.807) is 0 Å². The van der Waals surface area contributed by atoms with Crippen molar-refractivity contribution in [1.29, 1.82) is 0 Å². The first-order chi connectivity index (χ1) is 7.93. The third-order valence-corrected chi connectivity index (χ3v) is 4.51. The van der Waals surface area contributed by atoms with Crippen molar-refractivity contribution in [2.75, 3.05) is 0 Å². The molecule has 2 N–H and O–H groups in total. The minimum absolute atomic E-state index is 0.0787. The molecule has 0 rings (SSSR count). The molecule has 0 radical (unpaired) electrons. The van der Waals surface area contributed by atoms with Crippen molar-refractivity contribution >= 4 is 14.3 Å². The average molecular weight is 251 g/mol. The van der Waals surface area contributed by atoms with Gasteiger partial charge in [-0.2, -0.15) is 0 Å². The number of hydrogen-bond acceptors (Lipinski definition) is 1. The molecular weight excluding hydrogens is 216 g/mol. The summed E-state index contributed by atoms with van der Waals surface area (Å²) in [6.07, 6.45) is 3.60. The Hall–Kier alpha value is 0.0899. The van der Waals surface area contributed by atoms with Gasteiger partial charge in [-0.3, -0.25) is 0 Å². The maximum atomic E-state index is 6.63. The smallest absolute Gasteiger partial charge is 0.0938 e. The van der Waals surface area contributed by atoms with E-state index in [4.69, 9.17) is 5.73 Å². The van der Waals surface area contributed by atoms with Gasteiger partial charge in [0.25, 0.3) is 0 Å². The zero-order valence-electron chi connectivity index (χ0n) is 14.2. The summed E-state index contributed by atoms with van der Waals surface area (Å²) in [5.41, 5.74) is 6.74. The first kappa shape index (κ1) is 18.1. The lowest BCUT2D eigenvalue weighted by Gasteiger charge is -2.47. The zero-order valence-corrected chi connectivity index (χ0v) is 14.2. The largest absolute Gasteiger partial charge is 0.325 e. The van der Waals surface area contributed by atoms with Crippen LogP contribution in [0.5, 0.6) is 0 Å². The minimum Gasteiger partial charge on any atom is -0.325 e. The van der Waals surface area contributed by atoms with E-state index in [9.17, 15) is 0 Å². The molecule has 0 fully saturated rings. The molecule has 0 saturated heterocycles. The molecule has 3 heteroatoms. The molecule has 0 aliphatic carbocycles. The Morgan fingerprint density at radius 2 is 1.56 bits per heavy atom. The van der Waals surface area contributed by atoms with Gasteiger partial charge in [0.2, 0.25) is 0 Å². The average Bonchev–Trinajstić information content (AvgIpc) is 2.10. The molecule has 0 aromatic rings. The predicted octanol–water partition coefficient (Wildman–Crippen LogP) is 3.59. The Bertz CT molecular complexity index is 245. The molecule has 0 spiro atoms. The third kappa shape index (κ3) is 5.82. The number of nitrogens with two attached hydrogens (primary N) is 1. The van der Waals surface area contributed by atoms with E-state index in [-0.39, 0.29) is 11.0 Å². The quantitative estimate of drug-likeness (QED) is 0.655. The fourth-order valence-electron chi connectivity index (χ4n) is 3.27. The van der Waals surface area contributed by atoms with Gasteiger partial charge < -0.3 is 5.73 Å². The van der Waals surface area contributed by atoms with Crippen molar-refractivity contribution in [2.45, 2.75) is 85.4 Å². The maximum Gasteiger partial charge on any atom is 0.0938 e. The molecule has 0 amide bonds. The van der Waals surface area contributed by atoms with Gasteiger partial charge in [-0.05, 0) is 31.1 Å². The lowest BCUT2D eigenvalue weighted by Crippen LogP contribution is -2.52. The van der Waals surface area contributed by atoms with Crippen LogP contribution >= 0.6 is 0 Å². The molecule has 0 heterocycles. The molecule has 1 unspecified atom stereocenters. The zero-order chi connectivity index (χ0) is 14.6. The van der Waals surface area contributed by atoms with Crippen LogP contribution in [0.4, 0.5) is 0 Å². The fraction of sp³-hybridized carbons (Fsp3) is 1.00. The van der Waals surface area contributed by atoms with Crippen LogP contribution in [-0.2, 0) is 0 Å². The molecule has 0 bridgehead atoms. The van der Waals surface area contributed by atoms with Crippen molar-refractivity contribution in [1.82, 2.24) is 0 Å². The fourth-order valence-corrected chi connectivity index (χ4v) is 3.27. The molecule has 18 heavy (non-hydrogen) atoms. The van der Waals surface area contributed by atoms with Gasteiger partial charge in [0.1, 0.15) is 0 Å². The summed E-state index contributed by atoms with van der Waals surface area (Å²) in [5.74, 6) is 0.665. The third-order valence-electron chi connectivity index (χ3n) is 4.51. The molecule has 0 aromatic heterocycles. The van der Waals surface area contributed by atoms with Crippen molar-refractivity contribution in [2.24, 2.45) is 17.1 Å². The number of rotatable bonds is 8. The van der Waals surface area contributed by atoms with Crippen molar-refractivity contribution < 1.29 is 0 Å². The van der Waals surface area contributed by atoms with Crippen molar-refractivity contribution in [3.05, 3.63) is 0 Å². The Kier molecular flexibility index (Phi) is 6.53. The second-order valence-corrected chi connectivity index (χ2v) is 8.34. The molecule has 1 nitrogen and oxygen atoms in total. The lowest BCUT2D eigenvalue weighted by molar-refractivity contribution is 0.127. The summed E-state index contributed by atoms with van der Waals surface area (Å²) < 4.78 is 0. The van der Waals surface area contributed by atoms with E-state index in [1.165, 1.54) is 27.1 Å². The van der Waals surface area contributed by atoms with Crippen LogP contribution in [-0.4, -0.2) is 19.9 Å². The molecule has 0 aliphatic heterocycles. The van der Waals surface area contributed by atoms with Crippen LogP contribution < -0.4 is 5.73 Å². The standard InChI is InChI=1S/C15H35B2N/c1-9-16-17-14(6,7)11-13(4,5)15(8,18)10-12(2)3/h12,16-17H,9-11,18H2,1-8H3. The van der Waals surface area contributed by atoms with Crippen molar-refractivity contribution in [3.63, 3.8) is 0 Å². The lowest BCUT2D eigenvalue weighted by atomic mass is 9.27. The highest BCUT2D eigenvalue weighted by Gasteiger charge is 2.41. The van der Waals surface area contributed by atoms with Crippen LogP contribution in [0.1, 0.15) is 68.2 Å². The van der Waals surface area contributed by atoms with E-state index in [0.717, 1.165) is 6.42 Å². The number of hydrogen-bond donors (Lipinski definition) is 1. The van der Waals surface area contributed by atoms with Gasteiger partial charge in [-0.15, -0.1) is 0 Å². The van der Waals surface area contributed by atoms with Gasteiger partial charge in [-0.25, -0.2) is 0 Å². The Morgan fingerprint density at radius 1 is 1.06 bits per heavy atom. The Labute approximate surface area is 117 Å². The van der Waals surface area contributed by atoms with Crippen LogP contribution in [0.15, 0.2) is 0 Å².